The Labute approximate surface area is 110 Å². The number of hydrogen-bond acceptors (Lipinski definition) is 2. The highest BCUT2D eigenvalue weighted by Gasteiger charge is 2.01. The molecule has 3 nitrogen and oxygen atoms in total. The first-order valence-corrected chi connectivity index (χ1v) is 6.48. The second kappa shape index (κ2) is 5.36. The SMILES string of the molecule is CC(C)n1ccc(CNc2cccc(Br)c2)n1. The third-order valence-corrected chi connectivity index (χ3v) is 2.98. The van der Waals surface area contributed by atoms with Gasteiger partial charge in [-0.15, -0.1) is 0 Å². The number of benzene rings is 1. The quantitative estimate of drug-likeness (QED) is 0.928. The Balaban J connectivity index is 1.97. The van der Waals surface area contributed by atoms with Crippen molar-refractivity contribution in [2.24, 2.45) is 0 Å². The minimum Gasteiger partial charge on any atom is -0.379 e. The van der Waals surface area contributed by atoms with Crippen LogP contribution in [-0.2, 0) is 6.54 Å². The maximum absolute atomic E-state index is 4.49. The molecular formula is C13H16BrN3. The third kappa shape index (κ3) is 3.33. The zero-order valence-corrected chi connectivity index (χ0v) is 11.6. The van der Waals surface area contributed by atoms with Gasteiger partial charge < -0.3 is 5.32 Å². The van der Waals surface area contributed by atoms with Gasteiger partial charge in [0, 0.05) is 22.4 Å². The van der Waals surface area contributed by atoms with Crippen molar-refractivity contribution in [3.05, 3.63) is 46.7 Å². The predicted octanol–water partition coefficient (Wildman–Crippen LogP) is 3.84. The Morgan fingerprint density at radius 3 is 2.82 bits per heavy atom. The van der Waals surface area contributed by atoms with Gasteiger partial charge in [0.1, 0.15) is 0 Å². The van der Waals surface area contributed by atoms with E-state index in [-0.39, 0.29) is 0 Å². The van der Waals surface area contributed by atoms with Crippen LogP contribution in [0.15, 0.2) is 41.0 Å². The van der Waals surface area contributed by atoms with E-state index in [0.29, 0.717) is 6.04 Å². The van der Waals surface area contributed by atoms with Crippen molar-refractivity contribution < 1.29 is 0 Å². The molecule has 0 spiro atoms. The summed E-state index contributed by atoms with van der Waals surface area (Å²) < 4.78 is 3.05. The maximum Gasteiger partial charge on any atom is 0.0815 e. The highest BCUT2D eigenvalue weighted by Crippen LogP contribution is 2.16. The van der Waals surface area contributed by atoms with Crippen LogP contribution in [0, 0.1) is 0 Å². The number of halogens is 1. The lowest BCUT2D eigenvalue weighted by molar-refractivity contribution is 0.527. The molecule has 1 heterocycles. The lowest BCUT2D eigenvalue weighted by Crippen LogP contribution is -2.04. The van der Waals surface area contributed by atoms with E-state index < -0.39 is 0 Å². The number of rotatable bonds is 4. The van der Waals surface area contributed by atoms with Crippen molar-refractivity contribution >= 4 is 21.6 Å². The number of nitrogens with zero attached hydrogens (tertiary/aromatic N) is 2. The molecule has 1 aromatic carbocycles. The van der Waals surface area contributed by atoms with Crippen molar-refractivity contribution in [3.63, 3.8) is 0 Å². The van der Waals surface area contributed by atoms with Crippen LogP contribution in [0.2, 0.25) is 0 Å². The topological polar surface area (TPSA) is 29.9 Å². The van der Waals surface area contributed by atoms with E-state index in [1.807, 2.05) is 35.1 Å². The molecule has 0 saturated carbocycles. The Morgan fingerprint density at radius 1 is 1.35 bits per heavy atom. The van der Waals surface area contributed by atoms with Gasteiger partial charge >= 0.3 is 0 Å². The van der Waals surface area contributed by atoms with Crippen LogP contribution >= 0.6 is 15.9 Å². The van der Waals surface area contributed by atoms with Gasteiger partial charge in [-0.25, -0.2) is 0 Å². The molecule has 1 N–H and O–H groups in total. The van der Waals surface area contributed by atoms with Gasteiger partial charge in [-0.05, 0) is 38.1 Å². The van der Waals surface area contributed by atoms with Gasteiger partial charge in [-0.1, -0.05) is 22.0 Å². The smallest absolute Gasteiger partial charge is 0.0815 e. The van der Waals surface area contributed by atoms with Crippen molar-refractivity contribution in [1.82, 2.24) is 9.78 Å². The van der Waals surface area contributed by atoms with Crippen LogP contribution in [-0.4, -0.2) is 9.78 Å². The molecule has 2 rings (SSSR count). The van der Waals surface area contributed by atoms with Crippen LogP contribution < -0.4 is 5.32 Å². The molecule has 0 amide bonds. The fourth-order valence-electron chi connectivity index (χ4n) is 1.55. The minimum atomic E-state index is 0.412. The number of hydrogen-bond donors (Lipinski definition) is 1. The number of nitrogens with one attached hydrogen (secondary N) is 1. The van der Waals surface area contributed by atoms with Crippen LogP contribution in [0.4, 0.5) is 5.69 Å². The zero-order valence-electron chi connectivity index (χ0n) is 10.0. The summed E-state index contributed by atoms with van der Waals surface area (Å²) in [4.78, 5) is 0. The first kappa shape index (κ1) is 12.2. The fraction of sp³-hybridized carbons (Fsp3) is 0.308. The summed E-state index contributed by atoms with van der Waals surface area (Å²) in [7, 11) is 0. The monoisotopic (exact) mass is 293 g/mol. The van der Waals surface area contributed by atoms with Gasteiger partial charge in [0.2, 0.25) is 0 Å². The molecule has 0 aliphatic carbocycles. The predicted molar refractivity (Wildman–Crippen MR) is 74.1 cm³/mol. The molecule has 0 unspecified atom stereocenters. The van der Waals surface area contributed by atoms with E-state index in [1.165, 1.54) is 0 Å². The first-order chi connectivity index (χ1) is 8.15. The van der Waals surface area contributed by atoms with Gasteiger partial charge in [0.25, 0.3) is 0 Å². The van der Waals surface area contributed by atoms with Gasteiger partial charge in [0.15, 0.2) is 0 Å². The largest absolute Gasteiger partial charge is 0.379 e. The molecule has 0 bridgehead atoms. The molecule has 0 fully saturated rings. The average molecular weight is 294 g/mol. The summed E-state index contributed by atoms with van der Waals surface area (Å²) in [5.74, 6) is 0. The van der Waals surface area contributed by atoms with Crippen molar-refractivity contribution in [1.29, 1.82) is 0 Å². The number of anilines is 1. The molecule has 0 saturated heterocycles. The summed E-state index contributed by atoms with van der Waals surface area (Å²) in [5, 5.41) is 7.84. The van der Waals surface area contributed by atoms with Crippen molar-refractivity contribution in [2.75, 3.05) is 5.32 Å². The van der Waals surface area contributed by atoms with Gasteiger partial charge in [-0.3, -0.25) is 4.68 Å². The van der Waals surface area contributed by atoms with Crippen LogP contribution in [0.25, 0.3) is 0 Å². The molecule has 0 atom stereocenters. The standard InChI is InChI=1S/C13H16BrN3/c1-10(2)17-7-6-13(16-17)9-15-12-5-3-4-11(14)8-12/h3-8,10,15H,9H2,1-2H3. The van der Waals surface area contributed by atoms with Crippen molar-refractivity contribution in [2.45, 2.75) is 26.4 Å². The van der Waals surface area contributed by atoms with E-state index in [9.17, 15) is 0 Å². The summed E-state index contributed by atoms with van der Waals surface area (Å²) >= 11 is 3.45. The molecule has 0 aliphatic rings. The summed E-state index contributed by atoms with van der Waals surface area (Å²) in [6.07, 6.45) is 2.02. The lowest BCUT2D eigenvalue weighted by Gasteiger charge is -2.06. The second-order valence-electron chi connectivity index (χ2n) is 4.24. The van der Waals surface area contributed by atoms with Gasteiger partial charge in [0.05, 0.1) is 12.2 Å². The van der Waals surface area contributed by atoms with E-state index in [0.717, 1.165) is 22.4 Å². The highest BCUT2D eigenvalue weighted by atomic mass is 79.9. The first-order valence-electron chi connectivity index (χ1n) is 5.68. The molecule has 2 aromatic rings. The minimum absolute atomic E-state index is 0.412. The Morgan fingerprint density at radius 2 is 2.18 bits per heavy atom. The molecule has 1 aromatic heterocycles. The molecule has 17 heavy (non-hydrogen) atoms. The van der Waals surface area contributed by atoms with E-state index in [1.54, 1.807) is 0 Å². The molecule has 90 valence electrons. The summed E-state index contributed by atoms with van der Waals surface area (Å²) in [5.41, 5.74) is 2.15. The van der Waals surface area contributed by atoms with E-state index in [2.05, 4.69) is 46.3 Å². The molecule has 0 aliphatic heterocycles. The Kier molecular flexibility index (Phi) is 3.84. The van der Waals surface area contributed by atoms with Crippen molar-refractivity contribution in [3.8, 4) is 0 Å². The van der Waals surface area contributed by atoms with Crippen LogP contribution in [0.1, 0.15) is 25.6 Å². The number of aromatic nitrogens is 2. The summed E-state index contributed by atoms with van der Waals surface area (Å²) in [6, 6.07) is 10.6. The van der Waals surface area contributed by atoms with E-state index >= 15 is 0 Å². The molecular weight excluding hydrogens is 278 g/mol. The molecule has 4 heteroatoms. The lowest BCUT2D eigenvalue weighted by atomic mass is 10.3. The zero-order chi connectivity index (χ0) is 12.3. The highest BCUT2D eigenvalue weighted by molar-refractivity contribution is 9.10. The van der Waals surface area contributed by atoms with Gasteiger partial charge in [-0.2, -0.15) is 5.10 Å². The maximum atomic E-state index is 4.49. The Hall–Kier alpha value is -1.29. The third-order valence-electron chi connectivity index (χ3n) is 2.49. The fourth-order valence-corrected chi connectivity index (χ4v) is 1.95. The van der Waals surface area contributed by atoms with Crippen LogP contribution in [0.5, 0.6) is 0 Å². The average Bonchev–Trinajstić information content (AvgIpc) is 2.75. The summed E-state index contributed by atoms with van der Waals surface area (Å²) in [6.45, 7) is 4.99. The van der Waals surface area contributed by atoms with E-state index in [4.69, 9.17) is 0 Å². The second-order valence-corrected chi connectivity index (χ2v) is 5.16. The molecule has 0 radical (unpaired) electrons. The van der Waals surface area contributed by atoms with Crippen LogP contribution in [0.3, 0.4) is 0 Å². The normalized spacial score (nSPS) is 10.8. The Bertz CT molecular complexity index is 491.